The minimum absolute atomic E-state index is 0.250. The predicted octanol–water partition coefficient (Wildman–Crippen LogP) is 3.64. The van der Waals surface area contributed by atoms with Crippen molar-refractivity contribution in [2.75, 3.05) is 26.3 Å². The number of nitrogens with zero attached hydrogens (tertiary/aromatic N) is 5. The first kappa shape index (κ1) is 23.7. The van der Waals surface area contributed by atoms with Crippen LogP contribution in [0.15, 0.2) is 34.2 Å². The van der Waals surface area contributed by atoms with Crippen LogP contribution in [0.2, 0.25) is 0 Å². The number of morpholine rings is 1. The highest BCUT2D eigenvalue weighted by Crippen LogP contribution is 2.29. The number of nitriles is 1. The molecule has 174 valence electrons. The monoisotopic (exact) mass is 485 g/mol. The van der Waals surface area contributed by atoms with Gasteiger partial charge in [-0.3, -0.25) is 0 Å². The molecule has 4 rings (SSSR count). The molecule has 0 atom stereocenters. The zero-order chi connectivity index (χ0) is 23.6. The normalized spacial score (nSPS) is 15.1. The van der Waals surface area contributed by atoms with E-state index in [1.807, 2.05) is 26.0 Å². The smallest absolute Gasteiger partial charge is 0.243 e. The average molecular weight is 486 g/mol. The fourth-order valence-corrected chi connectivity index (χ4v) is 6.49. The van der Waals surface area contributed by atoms with Gasteiger partial charge in [-0.15, -0.1) is 0 Å². The number of thioether (sulfide) groups is 1. The lowest BCUT2D eigenvalue weighted by Gasteiger charge is -2.26. The number of sulfonamides is 1. The second-order valence-corrected chi connectivity index (χ2v) is 10.9. The van der Waals surface area contributed by atoms with Gasteiger partial charge in [0.2, 0.25) is 10.0 Å². The maximum Gasteiger partial charge on any atom is 0.243 e. The van der Waals surface area contributed by atoms with E-state index in [0.717, 1.165) is 35.6 Å². The Labute approximate surface area is 198 Å². The summed E-state index contributed by atoms with van der Waals surface area (Å²) in [5, 5.41) is 10.3. The Hall–Kier alpha value is -2.45. The number of rotatable bonds is 7. The summed E-state index contributed by atoms with van der Waals surface area (Å²) in [7, 11) is -3.59. The van der Waals surface area contributed by atoms with E-state index in [1.165, 1.54) is 16.1 Å². The van der Waals surface area contributed by atoms with Crippen LogP contribution in [0.25, 0.3) is 11.0 Å². The SMILES string of the molecule is CCCn1c(CSc2nc(C)cc(C)c2C#N)nc2cc(S(=O)(=O)N3CCOCC3)ccc21. The van der Waals surface area contributed by atoms with Gasteiger partial charge in [-0.2, -0.15) is 9.57 Å². The van der Waals surface area contributed by atoms with Gasteiger partial charge >= 0.3 is 0 Å². The van der Waals surface area contributed by atoms with Crippen molar-refractivity contribution in [3.8, 4) is 6.07 Å². The Bertz CT molecular complexity index is 1320. The van der Waals surface area contributed by atoms with Crippen molar-refractivity contribution < 1.29 is 13.2 Å². The summed E-state index contributed by atoms with van der Waals surface area (Å²) in [5.41, 5.74) is 3.92. The van der Waals surface area contributed by atoms with Crippen molar-refractivity contribution in [3.05, 3.63) is 46.9 Å². The number of benzene rings is 1. The van der Waals surface area contributed by atoms with Crippen LogP contribution in [0.4, 0.5) is 0 Å². The Kier molecular flexibility index (Phi) is 7.05. The van der Waals surface area contributed by atoms with Gasteiger partial charge in [0.1, 0.15) is 16.9 Å². The number of imidazole rings is 1. The van der Waals surface area contributed by atoms with Gasteiger partial charge in [-0.1, -0.05) is 18.7 Å². The molecule has 1 aromatic carbocycles. The number of hydrogen-bond donors (Lipinski definition) is 0. The minimum atomic E-state index is -3.59. The van der Waals surface area contributed by atoms with Crippen molar-refractivity contribution in [1.29, 1.82) is 5.26 Å². The van der Waals surface area contributed by atoms with E-state index in [4.69, 9.17) is 9.72 Å². The largest absolute Gasteiger partial charge is 0.379 e. The molecule has 1 saturated heterocycles. The van der Waals surface area contributed by atoms with Crippen molar-refractivity contribution in [2.24, 2.45) is 0 Å². The van der Waals surface area contributed by atoms with Crippen LogP contribution in [0.1, 0.15) is 36.0 Å². The molecule has 0 radical (unpaired) electrons. The van der Waals surface area contributed by atoms with E-state index in [-0.39, 0.29) is 4.90 Å². The molecule has 1 fully saturated rings. The fraction of sp³-hybridized carbons (Fsp3) is 0.435. The summed E-state index contributed by atoms with van der Waals surface area (Å²) >= 11 is 1.48. The van der Waals surface area contributed by atoms with Crippen LogP contribution in [0.3, 0.4) is 0 Å². The molecular weight excluding hydrogens is 458 g/mol. The third kappa shape index (κ3) is 4.77. The number of pyridine rings is 1. The van der Waals surface area contributed by atoms with Gasteiger partial charge in [0.05, 0.1) is 40.5 Å². The number of aryl methyl sites for hydroxylation is 3. The Morgan fingerprint density at radius 1 is 1.18 bits per heavy atom. The van der Waals surface area contributed by atoms with Crippen LogP contribution in [-0.4, -0.2) is 53.6 Å². The van der Waals surface area contributed by atoms with Crippen LogP contribution in [-0.2, 0) is 27.1 Å². The molecule has 3 heterocycles. The van der Waals surface area contributed by atoms with Crippen molar-refractivity contribution in [1.82, 2.24) is 18.8 Å². The highest BCUT2D eigenvalue weighted by molar-refractivity contribution is 7.98. The quantitative estimate of drug-likeness (QED) is 0.471. The lowest BCUT2D eigenvalue weighted by molar-refractivity contribution is 0.0730. The predicted molar refractivity (Wildman–Crippen MR) is 128 cm³/mol. The second-order valence-electron chi connectivity index (χ2n) is 8.01. The summed E-state index contributed by atoms with van der Waals surface area (Å²) in [5.74, 6) is 1.37. The maximum atomic E-state index is 13.1. The summed E-state index contributed by atoms with van der Waals surface area (Å²) in [4.78, 5) is 9.60. The number of ether oxygens (including phenoxy) is 1. The molecule has 2 aromatic heterocycles. The molecular formula is C23H27N5O3S2. The first-order valence-electron chi connectivity index (χ1n) is 10.9. The molecule has 0 saturated carbocycles. The molecule has 3 aromatic rings. The van der Waals surface area contributed by atoms with E-state index in [9.17, 15) is 13.7 Å². The molecule has 0 aliphatic carbocycles. The molecule has 1 aliphatic rings. The zero-order valence-electron chi connectivity index (χ0n) is 19.0. The van der Waals surface area contributed by atoms with Gasteiger partial charge in [0, 0.05) is 25.3 Å². The van der Waals surface area contributed by atoms with Crippen molar-refractivity contribution in [3.63, 3.8) is 0 Å². The van der Waals surface area contributed by atoms with E-state index in [1.54, 1.807) is 12.1 Å². The minimum Gasteiger partial charge on any atom is -0.379 e. The Balaban J connectivity index is 1.68. The summed E-state index contributed by atoms with van der Waals surface area (Å²) < 4.78 is 35.1. The number of hydrogen-bond acceptors (Lipinski definition) is 7. The standard InChI is InChI=1S/C23H27N5O3S2/c1-4-7-28-21-6-5-18(33(29,30)27-8-10-31-11-9-27)13-20(21)26-22(28)15-32-23-19(14-24)16(2)12-17(3)25-23/h5-6,12-13H,4,7-11,15H2,1-3H3. The number of aromatic nitrogens is 3. The van der Waals surface area contributed by atoms with E-state index in [0.29, 0.717) is 48.2 Å². The van der Waals surface area contributed by atoms with Gasteiger partial charge < -0.3 is 9.30 Å². The summed E-state index contributed by atoms with van der Waals surface area (Å²) in [6.45, 7) is 8.23. The third-order valence-electron chi connectivity index (χ3n) is 5.62. The van der Waals surface area contributed by atoms with E-state index < -0.39 is 10.0 Å². The summed E-state index contributed by atoms with van der Waals surface area (Å²) in [6.07, 6.45) is 0.919. The topological polar surface area (TPSA) is 101 Å². The van der Waals surface area contributed by atoms with Gasteiger partial charge in [0.15, 0.2) is 0 Å². The lowest BCUT2D eigenvalue weighted by atomic mass is 10.1. The Morgan fingerprint density at radius 3 is 2.64 bits per heavy atom. The van der Waals surface area contributed by atoms with Crippen LogP contribution in [0, 0.1) is 25.2 Å². The van der Waals surface area contributed by atoms with Crippen LogP contribution < -0.4 is 0 Å². The van der Waals surface area contributed by atoms with E-state index >= 15 is 0 Å². The zero-order valence-corrected chi connectivity index (χ0v) is 20.7. The van der Waals surface area contributed by atoms with Gasteiger partial charge in [-0.25, -0.2) is 18.4 Å². The molecule has 0 bridgehead atoms. The molecule has 0 amide bonds. The maximum absolute atomic E-state index is 13.1. The molecule has 0 unspecified atom stereocenters. The van der Waals surface area contributed by atoms with Crippen molar-refractivity contribution in [2.45, 2.75) is 49.4 Å². The first-order valence-corrected chi connectivity index (χ1v) is 13.4. The molecule has 33 heavy (non-hydrogen) atoms. The highest BCUT2D eigenvalue weighted by Gasteiger charge is 2.27. The van der Waals surface area contributed by atoms with Crippen LogP contribution in [0.5, 0.6) is 0 Å². The third-order valence-corrected chi connectivity index (χ3v) is 8.48. The molecule has 10 heteroatoms. The van der Waals surface area contributed by atoms with Crippen molar-refractivity contribution >= 4 is 32.8 Å². The second kappa shape index (κ2) is 9.81. The lowest BCUT2D eigenvalue weighted by Crippen LogP contribution is -2.40. The van der Waals surface area contributed by atoms with Crippen LogP contribution >= 0.6 is 11.8 Å². The molecule has 0 spiro atoms. The van der Waals surface area contributed by atoms with Gasteiger partial charge in [-0.05, 0) is 50.1 Å². The summed E-state index contributed by atoms with van der Waals surface area (Å²) in [6, 6.07) is 9.34. The van der Waals surface area contributed by atoms with E-state index in [2.05, 4.69) is 22.5 Å². The fourth-order valence-electron chi connectivity index (χ4n) is 4.02. The molecule has 1 aliphatic heterocycles. The Morgan fingerprint density at radius 2 is 1.94 bits per heavy atom. The molecule has 0 N–H and O–H groups in total. The number of fused-ring (bicyclic) bond motifs is 1. The van der Waals surface area contributed by atoms with Gasteiger partial charge in [0.25, 0.3) is 0 Å². The first-order chi connectivity index (χ1) is 15.8. The average Bonchev–Trinajstić information content (AvgIpc) is 3.15. The highest BCUT2D eigenvalue weighted by atomic mass is 32.2. The molecule has 8 nitrogen and oxygen atoms in total.